The van der Waals surface area contributed by atoms with Gasteiger partial charge >= 0.3 is 0 Å². The van der Waals surface area contributed by atoms with E-state index in [0.29, 0.717) is 27.9 Å². The fraction of sp³-hybridized carbons (Fsp3) is 0.0833. The molecule has 0 atom stereocenters. The molecule has 0 aliphatic rings. The zero-order chi connectivity index (χ0) is 21.4. The first-order valence-corrected chi connectivity index (χ1v) is 10.7. The zero-order valence-electron chi connectivity index (χ0n) is 17.0. The molecule has 3 heterocycles. The molecule has 0 saturated heterocycles. The second kappa shape index (κ2) is 7.77. The van der Waals surface area contributed by atoms with Crippen LogP contribution in [0.2, 0.25) is 0 Å². The number of H-pyrrole nitrogens is 1. The highest BCUT2D eigenvalue weighted by Gasteiger charge is 2.21. The van der Waals surface area contributed by atoms with Gasteiger partial charge < -0.3 is 0 Å². The third-order valence-corrected chi connectivity index (χ3v) is 5.97. The minimum atomic E-state index is -0.188. The van der Waals surface area contributed by atoms with Crippen molar-refractivity contribution in [2.45, 2.75) is 13.8 Å². The predicted octanol–water partition coefficient (Wildman–Crippen LogP) is 5.29. The quantitative estimate of drug-likeness (QED) is 0.398. The van der Waals surface area contributed by atoms with Gasteiger partial charge in [0.05, 0.1) is 27.2 Å². The van der Waals surface area contributed by atoms with Crippen LogP contribution in [0.1, 0.15) is 18.2 Å². The molecule has 3 aromatic heterocycles. The molecule has 0 radical (unpaired) electrons. The SMILES string of the molecule is C/C(=N\c1cccc(C)n1)c1c(-c2ccccc2)[nH]n(-c2nc3ccccc3s2)c1=O. The van der Waals surface area contributed by atoms with Gasteiger partial charge in [-0.1, -0.05) is 59.9 Å². The second-order valence-corrected chi connectivity index (χ2v) is 8.18. The Kier molecular flexibility index (Phi) is 4.80. The molecule has 31 heavy (non-hydrogen) atoms. The largest absolute Gasteiger partial charge is 0.288 e. The molecule has 5 aromatic rings. The first-order valence-electron chi connectivity index (χ1n) is 9.86. The van der Waals surface area contributed by atoms with Crippen molar-refractivity contribution in [2.24, 2.45) is 4.99 Å². The van der Waals surface area contributed by atoms with E-state index in [4.69, 9.17) is 0 Å². The molecule has 0 unspecified atom stereocenters. The number of rotatable bonds is 4. The number of aliphatic imine (C=N–C) groups is 1. The van der Waals surface area contributed by atoms with Crippen molar-refractivity contribution < 1.29 is 0 Å². The van der Waals surface area contributed by atoms with Crippen LogP contribution in [-0.4, -0.2) is 25.5 Å². The molecule has 152 valence electrons. The van der Waals surface area contributed by atoms with Crippen molar-refractivity contribution in [3.8, 4) is 16.4 Å². The van der Waals surface area contributed by atoms with E-state index in [-0.39, 0.29) is 5.56 Å². The lowest BCUT2D eigenvalue weighted by atomic mass is 10.1. The van der Waals surface area contributed by atoms with Crippen LogP contribution in [0.25, 0.3) is 26.6 Å². The number of nitrogens with zero attached hydrogens (tertiary/aromatic N) is 4. The van der Waals surface area contributed by atoms with Gasteiger partial charge in [-0.2, -0.15) is 4.68 Å². The molecule has 7 heteroatoms. The van der Waals surface area contributed by atoms with Crippen LogP contribution in [-0.2, 0) is 0 Å². The van der Waals surface area contributed by atoms with Gasteiger partial charge in [-0.3, -0.25) is 9.89 Å². The topological polar surface area (TPSA) is 75.9 Å². The summed E-state index contributed by atoms with van der Waals surface area (Å²) < 4.78 is 2.53. The first-order chi connectivity index (χ1) is 15.1. The fourth-order valence-corrected chi connectivity index (χ4v) is 4.42. The summed E-state index contributed by atoms with van der Waals surface area (Å²) in [5.41, 5.74) is 4.26. The number of thiazole rings is 1. The zero-order valence-corrected chi connectivity index (χ0v) is 17.9. The first kappa shape index (κ1) is 19.1. The highest BCUT2D eigenvalue weighted by atomic mass is 32.1. The number of hydrogen-bond donors (Lipinski definition) is 1. The van der Waals surface area contributed by atoms with Crippen molar-refractivity contribution in [3.05, 3.63) is 94.4 Å². The lowest BCUT2D eigenvalue weighted by molar-refractivity contribution is 0.845. The van der Waals surface area contributed by atoms with Gasteiger partial charge in [0, 0.05) is 11.3 Å². The van der Waals surface area contributed by atoms with Crippen molar-refractivity contribution >= 4 is 33.1 Å². The van der Waals surface area contributed by atoms with Crippen molar-refractivity contribution in [3.63, 3.8) is 0 Å². The summed E-state index contributed by atoms with van der Waals surface area (Å²) in [6.07, 6.45) is 0. The maximum absolute atomic E-state index is 13.5. The Balaban J connectivity index is 1.72. The van der Waals surface area contributed by atoms with Gasteiger partial charge in [-0.25, -0.2) is 15.0 Å². The lowest BCUT2D eigenvalue weighted by Crippen LogP contribution is -2.19. The Labute approximate surface area is 182 Å². The monoisotopic (exact) mass is 425 g/mol. The smallest absolute Gasteiger partial charge is 0.283 e. The minimum Gasteiger partial charge on any atom is -0.288 e. The maximum Gasteiger partial charge on any atom is 0.283 e. The lowest BCUT2D eigenvalue weighted by Gasteiger charge is -2.03. The molecule has 0 fully saturated rings. The predicted molar refractivity (Wildman–Crippen MR) is 126 cm³/mol. The minimum absolute atomic E-state index is 0.188. The van der Waals surface area contributed by atoms with Crippen LogP contribution in [0, 0.1) is 6.92 Å². The highest BCUT2D eigenvalue weighted by Crippen LogP contribution is 2.26. The summed E-state index contributed by atoms with van der Waals surface area (Å²) in [6.45, 7) is 3.75. The molecular formula is C24H19N5OS. The van der Waals surface area contributed by atoms with Crippen LogP contribution in [0.5, 0.6) is 0 Å². The van der Waals surface area contributed by atoms with Crippen LogP contribution in [0.3, 0.4) is 0 Å². The number of nitrogens with one attached hydrogen (secondary N) is 1. The van der Waals surface area contributed by atoms with E-state index in [9.17, 15) is 4.79 Å². The van der Waals surface area contributed by atoms with Gasteiger partial charge in [0.15, 0.2) is 5.82 Å². The number of pyridine rings is 1. The van der Waals surface area contributed by atoms with Crippen molar-refractivity contribution in [1.82, 2.24) is 19.7 Å². The Morgan fingerprint density at radius 1 is 0.968 bits per heavy atom. The summed E-state index contributed by atoms with van der Waals surface area (Å²) in [5.74, 6) is 0.573. The van der Waals surface area contributed by atoms with Gasteiger partial charge in [0.25, 0.3) is 5.56 Å². The molecule has 6 nitrogen and oxygen atoms in total. The summed E-state index contributed by atoms with van der Waals surface area (Å²) in [6, 6.07) is 23.3. The van der Waals surface area contributed by atoms with E-state index in [1.165, 1.54) is 16.0 Å². The number of fused-ring (bicyclic) bond motifs is 1. The highest BCUT2D eigenvalue weighted by molar-refractivity contribution is 7.20. The summed E-state index contributed by atoms with van der Waals surface area (Å²) in [7, 11) is 0. The molecule has 2 aromatic carbocycles. The molecule has 0 saturated carbocycles. The summed E-state index contributed by atoms with van der Waals surface area (Å²) >= 11 is 1.47. The second-order valence-electron chi connectivity index (χ2n) is 7.17. The van der Waals surface area contributed by atoms with Gasteiger partial charge in [0.2, 0.25) is 5.13 Å². The maximum atomic E-state index is 13.5. The van der Waals surface area contributed by atoms with Gasteiger partial charge in [0.1, 0.15) is 0 Å². The molecule has 0 bridgehead atoms. The number of aromatic nitrogens is 4. The number of para-hydroxylation sites is 1. The van der Waals surface area contributed by atoms with Crippen LogP contribution in [0.4, 0.5) is 5.82 Å². The normalized spacial score (nSPS) is 11.9. The van der Waals surface area contributed by atoms with Gasteiger partial charge in [-0.15, -0.1) is 0 Å². The average Bonchev–Trinajstić information content (AvgIpc) is 3.35. The molecule has 0 spiro atoms. The Hall–Kier alpha value is -3.84. The van der Waals surface area contributed by atoms with E-state index in [0.717, 1.165) is 21.5 Å². The average molecular weight is 426 g/mol. The Morgan fingerprint density at radius 3 is 2.52 bits per heavy atom. The fourth-order valence-electron chi connectivity index (χ4n) is 3.50. The van der Waals surface area contributed by atoms with E-state index in [1.54, 1.807) is 0 Å². The molecule has 0 aliphatic carbocycles. The van der Waals surface area contributed by atoms with E-state index in [1.807, 2.05) is 86.6 Å². The Morgan fingerprint density at radius 2 is 1.74 bits per heavy atom. The summed E-state index contributed by atoms with van der Waals surface area (Å²) in [5, 5.41) is 3.87. The van der Waals surface area contributed by atoms with Crippen LogP contribution in [0.15, 0.2) is 82.6 Å². The Bertz CT molecular complexity index is 1440. The van der Waals surface area contributed by atoms with Gasteiger partial charge in [-0.05, 0) is 38.1 Å². The number of hydrogen-bond acceptors (Lipinski definition) is 5. The van der Waals surface area contributed by atoms with Crippen molar-refractivity contribution in [2.75, 3.05) is 0 Å². The molecule has 0 aliphatic heterocycles. The third-order valence-electron chi connectivity index (χ3n) is 4.94. The molecular weight excluding hydrogens is 406 g/mol. The number of aromatic amines is 1. The standard InChI is InChI=1S/C24H19N5OS/c1-15-9-8-14-20(25-15)26-16(2)21-22(17-10-4-3-5-11-17)28-29(23(21)30)24-27-18-12-6-7-13-19(18)31-24/h3-14,28H,1-2H3/b26-16+. The number of benzene rings is 2. The number of aryl methyl sites for hydroxylation is 1. The molecule has 0 amide bonds. The third kappa shape index (κ3) is 3.60. The van der Waals surface area contributed by atoms with Crippen LogP contribution < -0.4 is 5.56 Å². The van der Waals surface area contributed by atoms with E-state index in [2.05, 4.69) is 20.1 Å². The summed E-state index contributed by atoms with van der Waals surface area (Å²) in [4.78, 5) is 27.3. The molecule has 1 N–H and O–H groups in total. The molecule has 5 rings (SSSR count). The van der Waals surface area contributed by atoms with E-state index >= 15 is 0 Å². The van der Waals surface area contributed by atoms with Crippen LogP contribution >= 0.6 is 11.3 Å². The van der Waals surface area contributed by atoms with Crippen molar-refractivity contribution in [1.29, 1.82) is 0 Å². The van der Waals surface area contributed by atoms with E-state index < -0.39 is 0 Å².